The second kappa shape index (κ2) is 11.7. The number of aliphatic imine (C=N–C) groups is 1. The van der Waals surface area contributed by atoms with E-state index in [0.717, 1.165) is 35.5 Å². The molecule has 6 N–H and O–H groups in total. The van der Waals surface area contributed by atoms with Gasteiger partial charge in [-0.2, -0.15) is 0 Å². The molecule has 1 saturated carbocycles. The number of nitrogens with zero attached hydrogens (tertiary/aromatic N) is 3. The minimum atomic E-state index is -1.08. The van der Waals surface area contributed by atoms with Crippen molar-refractivity contribution in [2.24, 2.45) is 10.9 Å². The summed E-state index contributed by atoms with van der Waals surface area (Å²) in [6.07, 6.45) is 9.38. The second-order valence-corrected chi connectivity index (χ2v) is 16.6. The third kappa shape index (κ3) is 5.30. The van der Waals surface area contributed by atoms with Crippen LogP contribution in [0.4, 0.5) is 11.6 Å². The molecule has 1 unspecified atom stereocenters. The van der Waals surface area contributed by atoms with E-state index < -0.39 is 22.8 Å². The van der Waals surface area contributed by atoms with E-state index in [9.17, 15) is 14.7 Å². The molecule has 55 heavy (non-hydrogen) atoms. The fraction of sp³-hybridized carbons (Fsp3) is 0.405. The number of carbonyl (C=O) groups excluding carboxylic acids is 1. The number of quaternary nitrogens is 1. The molecule has 0 radical (unpaired) electrons. The number of anilines is 2. The fourth-order valence-corrected chi connectivity index (χ4v) is 10.1. The molecule has 2 spiro atoms. The van der Waals surface area contributed by atoms with Crippen LogP contribution in [0, 0.1) is 12.8 Å². The number of carbonyl (C=O) groups is 1. The molecule has 13 nitrogen and oxygen atoms in total. The Morgan fingerprint density at radius 2 is 1.87 bits per heavy atom. The molecule has 7 aliphatic rings. The summed E-state index contributed by atoms with van der Waals surface area (Å²) in [7, 11) is 0. The highest BCUT2D eigenvalue weighted by molar-refractivity contribution is 5.88. The molecule has 282 valence electrons. The Balaban J connectivity index is 0.886. The predicted octanol–water partition coefficient (Wildman–Crippen LogP) is 4.19. The van der Waals surface area contributed by atoms with Crippen LogP contribution in [0.25, 0.3) is 22.2 Å². The first kappa shape index (κ1) is 34.0. The number of hydrogen-bond donors (Lipinski definition) is 4. The lowest BCUT2D eigenvalue weighted by molar-refractivity contribution is -0.852. The summed E-state index contributed by atoms with van der Waals surface area (Å²) in [4.78, 5) is 42.3. The highest BCUT2D eigenvalue weighted by Crippen LogP contribution is 2.64. The first-order valence-corrected chi connectivity index (χ1v) is 19.0. The highest BCUT2D eigenvalue weighted by Gasteiger charge is 2.71. The normalized spacial score (nSPS) is 29.5. The van der Waals surface area contributed by atoms with Crippen LogP contribution < -0.4 is 26.5 Å². The van der Waals surface area contributed by atoms with E-state index in [1.54, 1.807) is 13.0 Å². The second-order valence-electron chi connectivity index (χ2n) is 16.6. The van der Waals surface area contributed by atoms with Gasteiger partial charge in [-0.3, -0.25) is 14.7 Å². The summed E-state index contributed by atoms with van der Waals surface area (Å²) in [5, 5.41) is 11.8. The highest BCUT2D eigenvalue weighted by atomic mass is 16.7. The number of hydrogen-bond acceptors (Lipinski definition) is 12. The van der Waals surface area contributed by atoms with Gasteiger partial charge in [0.1, 0.15) is 70.5 Å². The van der Waals surface area contributed by atoms with E-state index in [0.29, 0.717) is 73.1 Å². The van der Waals surface area contributed by atoms with Crippen molar-refractivity contribution in [1.82, 2.24) is 9.97 Å². The number of aryl methyl sites for hydroxylation is 2. The van der Waals surface area contributed by atoms with Crippen LogP contribution in [0.5, 0.6) is 11.5 Å². The Morgan fingerprint density at radius 3 is 2.71 bits per heavy atom. The van der Waals surface area contributed by atoms with Crippen molar-refractivity contribution in [2.45, 2.75) is 94.7 Å². The standard InChI is InChI=1S/C42H42N6O7/c1-21-10-30(49)37-31(52-21)16-32-36(38(37)50)27-11-23-6-8-42(27,40(2,3)53-32)55-39(51)41(17-23)33(54-41)5-4-22-12-28(47-34(43)13-22)25-14-26(46-35(44)15-25)19-48-18-24-7-9-45-29(24)20-48/h7,9-10,12-16,20,23,27,33,50H,4-6,8,11,17-19H2,1-3H3,(H2,43,47)(H2,44,46)/p+1/t23-,27+,33+,41-,42+/m0/s1. The average molecular weight is 744 g/mol. The van der Waals surface area contributed by atoms with Crippen molar-refractivity contribution in [3.63, 3.8) is 0 Å². The number of nitrogens with two attached hydrogens (primary N) is 2. The van der Waals surface area contributed by atoms with Crippen molar-refractivity contribution in [3.05, 3.63) is 92.7 Å². The van der Waals surface area contributed by atoms with E-state index >= 15 is 0 Å². The fourth-order valence-electron chi connectivity index (χ4n) is 10.1. The van der Waals surface area contributed by atoms with Crippen molar-refractivity contribution in [1.29, 1.82) is 0 Å². The predicted molar refractivity (Wildman–Crippen MR) is 204 cm³/mol. The summed E-state index contributed by atoms with van der Waals surface area (Å²) in [6.45, 7) is 7.06. The number of allylic oxidation sites excluding steroid dienone is 1. The molecule has 11 rings (SSSR count). The number of pyridine rings is 2. The van der Waals surface area contributed by atoms with Crippen molar-refractivity contribution in [3.8, 4) is 22.8 Å². The van der Waals surface area contributed by atoms with Crippen LogP contribution in [-0.4, -0.2) is 56.7 Å². The number of aromatic hydroxyl groups is 1. The van der Waals surface area contributed by atoms with Crippen LogP contribution in [0.2, 0.25) is 0 Å². The van der Waals surface area contributed by atoms with Crippen LogP contribution in [0.1, 0.15) is 74.5 Å². The van der Waals surface area contributed by atoms with Crippen molar-refractivity contribution < 1.29 is 33.4 Å². The lowest BCUT2D eigenvalue weighted by Crippen LogP contribution is -3.04. The Labute approximate surface area is 316 Å². The Kier molecular flexibility index (Phi) is 7.25. The van der Waals surface area contributed by atoms with Gasteiger partial charge in [0.2, 0.25) is 0 Å². The SMILES string of the molecule is Cc1cc(=O)c2c(O)c3c(cc2o1)OC(C)(C)[C@@]12CC[C@@H](C[C@H]31)C[C@@]1(O[C@@H]1CCc1cc(N)nc(-c3cc(N)nc(C[NH+]4C=C5N=CC=C5C4)c3)c1)C(=O)O2. The van der Waals surface area contributed by atoms with Crippen LogP contribution in [0.15, 0.2) is 74.1 Å². The molecule has 13 heteroatoms. The molecular weight excluding hydrogens is 700 g/mol. The topological polar surface area (TPSA) is 193 Å². The smallest absolute Gasteiger partial charge is 0.341 e. The molecule has 3 aromatic heterocycles. The molecule has 2 bridgehead atoms. The zero-order valence-corrected chi connectivity index (χ0v) is 31.0. The number of aromatic nitrogens is 2. The monoisotopic (exact) mass is 743 g/mol. The molecular formula is C42H43N6O7+. The summed E-state index contributed by atoms with van der Waals surface area (Å²) in [6, 6.07) is 10.8. The zero-order chi connectivity index (χ0) is 38.0. The van der Waals surface area contributed by atoms with E-state index in [1.807, 2.05) is 50.4 Å². The van der Waals surface area contributed by atoms with E-state index in [2.05, 4.69) is 21.2 Å². The molecule has 6 aliphatic heterocycles. The maximum absolute atomic E-state index is 14.3. The summed E-state index contributed by atoms with van der Waals surface area (Å²) < 4.78 is 25.4. The van der Waals surface area contributed by atoms with E-state index in [4.69, 9.17) is 30.1 Å². The number of phenolic OH excluding ortho intramolecular Hbond substituents is 1. The van der Waals surface area contributed by atoms with Crippen molar-refractivity contribution in [2.75, 3.05) is 18.0 Å². The first-order chi connectivity index (χ1) is 26.3. The molecule has 4 aromatic rings. The number of ether oxygens (including phenoxy) is 3. The zero-order valence-electron chi connectivity index (χ0n) is 31.0. The van der Waals surface area contributed by atoms with Crippen molar-refractivity contribution >= 4 is 34.8 Å². The van der Waals surface area contributed by atoms with Gasteiger partial charge in [0.25, 0.3) is 0 Å². The van der Waals surface area contributed by atoms with Gasteiger partial charge in [-0.25, -0.2) is 14.8 Å². The first-order valence-electron chi connectivity index (χ1n) is 19.0. The van der Waals surface area contributed by atoms with Gasteiger partial charge in [0, 0.05) is 41.0 Å². The van der Waals surface area contributed by atoms with Gasteiger partial charge in [-0.05, 0) is 101 Å². The molecule has 4 fully saturated rings. The maximum Gasteiger partial charge on any atom is 0.341 e. The van der Waals surface area contributed by atoms with Gasteiger partial charge >= 0.3 is 5.97 Å². The number of epoxide rings is 1. The Bertz CT molecular complexity index is 2510. The number of benzene rings is 1. The number of nitrogens with one attached hydrogen (secondary N) is 1. The molecule has 1 aliphatic carbocycles. The van der Waals surface area contributed by atoms with Crippen LogP contribution >= 0.6 is 0 Å². The number of phenols is 1. The minimum absolute atomic E-state index is 0.110. The maximum atomic E-state index is 14.3. The third-order valence-corrected chi connectivity index (χ3v) is 12.7. The van der Waals surface area contributed by atoms with Gasteiger partial charge < -0.3 is 35.2 Å². The molecule has 0 amide bonds. The molecule has 3 saturated heterocycles. The average Bonchev–Trinajstić information content (AvgIpc) is 3.41. The summed E-state index contributed by atoms with van der Waals surface area (Å²) in [5.74, 6) is 0.859. The van der Waals surface area contributed by atoms with Gasteiger partial charge in [0.05, 0.1) is 17.5 Å². The number of rotatable bonds is 6. The number of fused-ring (bicyclic) bond motifs is 5. The van der Waals surface area contributed by atoms with Gasteiger partial charge in [0.15, 0.2) is 16.6 Å². The van der Waals surface area contributed by atoms with Crippen LogP contribution in [0.3, 0.4) is 0 Å². The Morgan fingerprint density at radius 1 is 1.04 bits per heavy atom. The lowest BCUT2D eigenvalue weighted by atomic mass is 9.58. The van der Waals surface area contributed by atoms with Gasteiger partial charge in [-0.1, -0.05) is 0 Å². The van der Waals surface area contributed by atoms with E-state index in [-0.39, 0.29) is 40.1 Å². The minimum Gasteiger partial charge on any atom is -0.507 e. The number of nitrogen functional groups attached to an aromatic ring is 2. The lowest BCUT2D eigenvalue weighted by Gasteiger charge is -2.58. The molecule has 6 atom stereocenters. The molecule has 1 aromatic carbocycles. The van der Waals surface area contributed by atoms with E-state index in [1.165, 1.54) is 16.5 Å². The Hall–Kier alpha value is -5.53. The van der Waals surface area contributed by atoms with Gasteiger partial charge in [-0.15, -0.1) is 0 Å². The molecule has 9 heterocycles. The third-order valence-electron chi connectivity index (χ3n) is 12.7. The summed E-state index contributed by atoms with van der Waals surface area (Å²) >= 11 is 0. The largest absolute Gasteiger partial charge is 0.507 e. The van der Waals surface area contributed by atoms with Crippen LogP contribution in [-0.2, 0) is 27.2 Å². The quantitative estimate of drug-likeness (QED) is 0.164. The number of esters is 1. The summed E-state index contributed by atoms with van der Waals surface area (Å²) in [5.41, 5.74) is 15.6.